The molecule has 3 heterocycles. The molecule has 3 aromatic rings. The van der Waals surface area contributed by atoms with Crippen molar-refractivity contribution in [2.45, 2.75) is 26.7 Å². The Morgan fingerprint density at radius 3 is 2.55 bits per heavy atom. The van der Waals surface area contributed by atoms with Crippen LogP contribution in [0.4, 0.5) is 4.79 Å². The SMILES string of the molecule is Cc1nc(CCN2CCN(C(=O)Oc3ccc(Cc4ncccc4C)cc3)CC2)cs1. The number of rotatable bonds is 6. The van der Waals surface area contributed by atoms with Crippen LogP contribution in [0.15, 0.2) is 48.0 Å². The van der Waals surface area contributed by atoms with Gasteiger partial charge in [-0.15, -0.1) is 11.3 Å². The maximum atomic E-state index is 12.5. The highest BCUT2D eigenvalue weighted by Crippen LogP contribution is 2.17. The summed E-state index contributed by atoms with van der Waals surface area (Å²) in [7, 11) is 0. The van der Waals surface area contributed by atoms with Crippen LogP contribution in [0.5, 0.6) is 5.75 Å². The van der Waals surface area contributed by atoms with E-state index in [1.54, 1.807) is 16.2 Å². The van der Waals surface area contributed by atoms with Gasteiger partial charge in [-0.1, -0.05) is 18.2 Å². The Bertz CT molecular complexity index is 1010. The van der Waals surface area contributed by atoms with E-state index < -0.39 is 0 Å². The molecule has 7 heteroatoms. The number of benzene rings is 1. The minimum absolute atomic E-state index is 0.275. The second-order valence-corrected chi connectivity index (χ2v) is 8.95. The van der Waals surface area contributed by atoms with Gasteiger partial charge < -0.3 is 9.64 Å². The minimum atomic E-state index is -0.275. The van der Waals surface area contributed by atoms with Crippen LogP contribution in [-0.4, -0.2) is 58.6 Å². The second kappa shape index (κ2) is 10.0. The predicted octanol–water partition coefficient (Wildman–Crippen LogP) is 4.10. The summed E-state index contributed by atoms with van der Waals surface area (Å²) >= 11 is 1.70. The average Bonchev–Trinajstić information content (AvgIpc) is 3.21. The Labute approximate surface area is 187 Å². The van der Waals surface area contributed by atoms with Crippen molar-refractivity contribution in [2.75, 3.05) is 32.7 Å². The summed E-state index contributed by atoms with van der Waals surface area (Å²) in [4.78, 5) is 25.7. The standard InChI is InChI=1S/C24H28N4O2S/c1-18-4-3-10-25-23(18)16-20-5-7-22(8-6-20)30-24(29)28-14-12-27(13-15-28)11-9-21-17-31-19(2)26-21/h3-8,10,17H,9,11-16H2,1-2H3. The summed E-state index contributed by atoms with van der Waals surface area (Å²) < 4.78 is 5.59. The minimum Gasteiger partial charge on any atom is -0.410 e. The molecule has 0 aliphatic carbocycles. The Kier molecular flexibility index (Phi) is 6.94. The number of hydrogen-bond acceptors (Lipinski definition) is 6. The Morgan fingerprint density at radius 2 is 1.87 bits per heavy atom. The van der Waals surface area contributed by atoms with Crippen LogP contribution in [0, 0.1) is 13.8 Å². The number of thiazole rings is 1. The molecule has 0 bridgehead atoms. The lowest BCUT2D eigenvalue weighted by Crippen LogP contribution is -2.49. The fourth-order valence-corrected chi connectivity index (χ4v) is 4.33. The number of piperazine rings is 1. The summed E-state index contributed by atoms with van der Waals surface area (Å²) in [6.45, 7) is 8.17. The molecule has 0 unspecified atom stereocenters. The second-order valence-electron chi connectivity index (χ2n) is 7.89. The molecule has 6 nitrogen and oxygen atoms in total. The third-order valence-corrected chi connectivity index (χ3v) is 6.42. The maximum absolute atomic E-state index is 12.5. The zero-order valence-electron chi connectivity index (χ0n) is 18.1. The molecule has 1 saturated heterocycles. The van der Waals surface area contributed by atoms with Gasteiger partial charge in [-0.2, -0.15) is 0 Å². The highest BCUT2D eigenvalue weighted by Gasteiger charge is 2.22. The van der Waals surface area contributed by atoms with Gasteiger partial charge in [0.25, 0.3) is 0 Å². The van der Waals surface area contributed by atoms with Crippen LogP contribution in [0.25, 0.3) is 0 Å². The van der Waals surface area contributed by atoms with Gasteiger partial charge in [0.2, 0.25) is 0 Å². The van der Waals surface area contributed by atoms with Gasteiger partial charge in [-0.3, -0.25) is 9.88 Å². The predicted molar refractivity (Wildman–Crippen MR) is 123 cm³/mol. The van der Waals surface area contributed by atoms with E-state index in [1.807, 2.05) is 43.5 Å². The maximum Gasteiger partial charge on any atom is 0.415 e. The quantitative estimate of drug-likeness (QED) is 0.582. The molecular weight excluding hydrogens is 408 g/mol. The van der Waals surface area contributed by atoms with E-state index in [0.717, 1.165) is 54.4 Å². The monoisotopic (exact) mass is 436 g/mol. The number of nitrogens with zero attached hydrogens (tertiary/aromatic N) is 4. The van der Waals surface area contributed by atoms with Crippen molar-refractivity contribution in [3.63, 3.8) is 0 Å². The molecule has 162 valence electrons. The van der Waals surface area contributed by atoms with E-state index >= 15 is 0 Å². The van der Waals surface area contributed by atoms with Gasteiger partial charge in [0.05, 0.1) is 10.7 Å². The van der Waals surface area contributed by atoms with E-state index in [-0.39, 0.29) is 6.09 Å². The molecule has 31 heavy (non-hydrogen) atoms. The van der Waals surface area contributed by atoms with E-state index in [1.165, 1.54) is 5.56 Å². The molecule has 1 aliphatic rings. The van der Waals surface area contributed by atoms with Crippen LogP contribution in [0.3, 0.4) is 0 Å². The zero-order valence-corrected chi connectivity index (χ0v) is 18.9. The molecule has 1 aromatic carbocycles. The van der Waals surface area contributed by atoms with Gasteiger partial charge >= 0.3 is 6.09 Å². The van der Waals surface area contributed by atoms with Crippen LogP contribution >= 0.6 is 11.3 Å². The lowest BCUT2D eigenvalue weighted by molar-refractivity contribution is 0.111. The summed E-state index contributed by atoms with van der Waals surface area (Å²) in [5.41, 5.74) is 4.55. The fourth-order valence-electron chi connectivity index (χ4n) is 3.69. The number of carbonyl (C=O) groups excluding carboxylic acids is 1. The molecular formula is C24H28N4O2S. The van der Waals surface area contributed by atoms with E-state index in [2.05, 4.69) is 33.2 Å². The lowest BCUT2D eigenvalue weighted by Gasteiger charge is -2.33. The normalized spacial score (nSPS) is 14.6. The third-order valence-electron chi connectivity index (χ3n) is 5.60. The molecule has 0 atom stereocenters. The highest BCUT2D eigenvalue weighted by atomic mass is 32.1. The number of amides is 1. The van der Waals surface area contributed by atoms with Crippen molar-refractivity contribution < 1.29 is 9.53 Å². The van der Waals surface area contributed by atoms with Crippen molar-refractivity contribution in [3.8, 4) is 5.75 Å². The average molecular weight is 437 g/mol. The van der Waals surface area contributed by atoms with Gasteiger partial charge in [-0.25, -0.2) is 9.78 Å². The van der Waals surface area contributed by atoms with E-state index in [0.29, 0.717) is 18.8 Å². The number of aromatic nitrogens is 2. The fraction of sp³-hybridized carbons (Fsp3) is 0.375. The van der Waals surface area contributed by atoms with Crippen LogP contribution in [0.1, 0.15) is 27.5 Å². The molecule has 1 fully saturated rings. The van der Waals surface area contributed by atoms with Crippen LogP contribution in [-0.2, 0) is 12.8 Å². The van der Waals surface area contributed by atoms with Gasteiger partial charge in [0.1, 0.15) is 5.75 Å². The van der Waals surface area contributed by atoms with E-state index in [4.69, 9.17) is 4.74 Å². The zero-order chi connectivity index (χ0) is 21.6. The molecule has 2 aromatic heterocycles. The highest BCUT2D eigenvalue weighted by molar-refractivity contribution is 7.09. The topological polar surface area (TPSA) is 58.6 Å². The van der Waals surface area contributed by atoms with Crippen LogP contribution < -0.4 is 4.74 Å². The number of aryl methyl sites for hydroxylation is 2. The number of hydrogen-bond donors (Lipinski definition) is 0. The van der Waals surface area contributed by atoms with Crippen molar-refractivity contribution in [3.05, 3.63) is 75.5 Å². The third kappa shape index (κ3) is 5.89. The largest absolute Gasteiger partial charge is 0.415 e. The molecule has 4 rings (SSSR count). The first-order valence-corrected chi connectivity index (χ1v) is 11.5. The molecule has 0 saturated carbocycles. The summed E-state index contributed by atoms with van der Waals surface area (Å²) in [5.74, 6) is 0.577. The summed E-state index contributed by atoms with van der Waals surface area (Å²) in [6.07, 6.45) is 3.27. The number of carbonyl (C=O) groups is 1. The van der Waals surface area contributed by atoms with Crippen molar-refractivity contribution in [2.24, 2.45) is 0 Å². The van der Waals surface area contributed by atoms with Crippen molar-refractivity contribution in [1.82, 2.24) is 19.8 Å². The van der Waals surface area contributed by atoms with E-state index in [9.17, 15) is 4.79 Å². The first-order valence-electron chi connectivity index (χ1n) is 10.7. The molecule has 0 spiro atoms. The Hall–Kier alpha value is -2.77. The lowest BCUT2D eigenvalue weighted by atomic mass is 10.1. The Balaban J connectivity index is 1.23. The summed E-state index contributed by atoms with van der Waals surface area (Å²) in [5, 5.41) is 3.24. The number of ether oxygens (including phenoxy) is 1. The van der Waals surface area contributed by atoms with Crippen molar-refractivity contribution in [1.29, 1.82) is 0 Å². The van der Waals surface area contributed by atoms with Gasteiger partial charge in [0, 0.05) is 62.8 Å². The van der Waals surface area contributed by atoms with Gasteiger partial charge in [-0.05, 0) is 43.2 Å². The smallest absolute Gasteiger partial charge is 0.410 e. The number of pyridine rings is 1. The van der Waals surface area contributed by atoms with Gasteiger partial charge in [0.15, 0.2) is 0 Å². The summed E-state index contributed by atoms with van der Waals surface area (Å²) in [6, 6.07) is 11.7. The van der Waals surface area contributed by atoms with Crippen molar-refractivity contribution >= 4 is 17.4 Å². The molecule has 0 radical (unpaired) electrons. The molecule has 1 amide bonds. The van der Waals surface area contributed by atoms with Crippen LogP contribution in [0.2, 0.25) is 0 Å². The Morgan fingerprint density at radius 1 is 1.10 bits per heavy atom. The first kappa shape index (κ1) is 21.5. The first-order chi connectivity index (χ1) is 15.1. The molecule has 1 aliphatic heterocycles. The molecule has 0 N–H and O–H groups in total.